The predicted molar refractivity (Wildman–Crippen MR) is 219 cm³/mol. The molecule has 254 valence electrons. The Kier molecular flexibility index (Phi) is 8.86. The average Bonchev–Trinajstić information content (AvgIpc) is 3.27. The summed E-state index contributed by atoms with van der Waals surface area (Å²) < 4.78 is 0. The van der Waals surface area contributed by atoms with Crippen molar-refractivity contribution in [3.63, 3.8) is 0 Å². The monoisotopic (exact) mass is 691 g/mol. The molecule has 0 saturated heterocycles. The predicted octanol–water partition coefficient (Wildman–Crippen LogP) is 12.0. The largest absolute Gasteiger partial charge is 0.255 e. The molecule has 0 spiro atoms. The number of hydrogen-bond donors (Lipinski definition) is 0. The molecule has 0 N–H and O–H groups in total. The maximum atomic E-state index is 5.06. The summed E-state index contributed by atoms with van der Waals surface area (Å²) in [6.07, 6.45) is 3.66. The topological polar surface area (TPSA) is 64.5 Å². The van der Waals surface area contributed by atoms with Gasteiger partial charge in [-0.25, -0.2) is 15.0 Å². The molecule has 4 heterocycles. The highest BCUT2D eigenvalue weighted by atomic mass is 14.9. The van der Waals surface area contributed by atoms with Gasteiger partial charge in [-0.05, 0) is 88.0 Å². The molecule has 9 aromatic rings. The van der Waals surface area contributed by atoms with Gasteiger partial charge in [-0.1, -0.05) is 133 Å². The number of rotatable bonds is 8. The molecule has 5 heteroatoms. The molecule has 0 unspecified atom stereocenters. The first-order valence-electron chi connectivity index (χ1n) is 17.9. The number of pyridine rings is 3. The third-order valence-electron chi connectivity index (χ3n) is 9.40. The molecule has 0 saturated carbocycles. The number of benzene rings is 5. The van der Waals surface area contributed by atoms with Gasteiger partial charge < -0.3 is 0 Å². The fourth-order valence-corrected chi connectivity index (χ4v) is 6.66. The van der Waals surface area contributed by atoms with Gasteiger partial charge in [0.2, 0.25) is 0 Å². The van der Waals surface area contributed by atoms with Crippen molar-refractivity contribution in [2.75, 3.05) is 0 Å². The van der Waals surface area contributed by atoms with E-state index in [4.69, 9.17) is 19.9 Å². The molecule has 0 aliphatic rings. The Morgan fingerprint density at radius 1 is 0.222 bits per heavy atom. The molecule has 0 radical (unpaired) electrons. The van der Waals surface area contributed by atoms with Crippen molar-refractivity contribution in [2.45, 2.75) is 0 Å². The van der Waals surface area contributed by atoms with E-state index in [1.165, 1.54) is 0 Å². The minimum atomic E-state index is 0.698. The standard InChI is InChI=1S/C49H33N5/c1-4-14-34(15-5-1)42-31-47(43-24-10-11-26-50-43)52-48(32-42)46-30-40(25-27-51-46)38-21-12-20-37(28-38)39-22-13-23-41(29-39)45-33-44(35-16-6-2-7-17-35)53-49(54-45)36-18-8-3-9-19-36/h1-33H. The number of nitrogens with zero attached hydrogens (tertiary/aromatic N) is 5. The molecular formula is C49H33N5. The Balaban J connectivity index is 1.08. The maximum Gasteiger partial charge on any atom is 0.160 e. The third-order valence-corrected chi connectivity index (χ3v) is 9.40. The van der Waals surface area contributed by atoms with Gasteiger partial charge in [-0.2, -0.15) is 0 Å². The Hall–Kier alpha value is -7.37. The van der Waals surface area contributed by atoms with Crippen LogP contribution in [0.25, 0.3) is 90.1 Å². The first kappa shape index (κ1) is 32.5. The van der Waals surface area contributed by atoms with Gasteiger partial charge in [0.05, 0.1) is 34.2 Å². The minimum absolute atomic E-state index is 0.698. The quantitative estimate of drug-likeness (QED) is 0.159. The lowest BCUT2D eigenvalue weighted by molar-refractivity contribution is 1.18. The lowest BCUT2D eigenvalue weighted by Crippen LogP contribution is -1.96. The Bertz CT molecular complexity index is 2400. The van der Waals surface area contributed by atoms with Crippen LogP contribution < -0.4 is 0 Å². The van der Waals surface area contributed by atoms with Crippen LogP contribution in [0, 0.1) is 0 Å². The van der Waals surface area contributed by atoms with Crippen LogP contribution >= 0.6 is 0 Å². The molecule has 9 rings (SSSR count). The highest BCUT2D eigenvalue weighted by molar-refractivity contribution is 5.80. The molecular weight excluding hydrogens is 659 g/mol. The summed E-state index contributed by atoms with van der Waals surface area (Å²) in [5.74, 6) is 0.698. The summed E-state index contributed by atoms with van der Waals surface area (Å²) in [4.78, 5) is 24.5. The molecule has 0 atom stereocenters. The number of hydrogen-bond acceptors (Lipinski definition) is 5. The van der Waals surface area contributed by atoms with Gasteiger partial charge in [0, 0.05) is 29.1 Å². The van der Waals surface area contributed by atoms with E-state index < -0.39 is 0 Å². The van der Waals surface area contributed by atoms with E-state index in [-0.39, 0.29) is 0 Å². The fourth-order valence-electron chi connectivity index (χ4n) is 6.66. The van der Waals surface area contributed by atoms with E-state index in [1.807, 2.05) is 66.9 Å². The Morgan fingerprint density at radius 3 is 1.35 bits per heavy atom. The van der Waals surface area contributed by atoms with E-state index >= 15 is 0 Å². The molecule has 4 aromatic heterocycles. The highest BCUT2D eigenvalue weighted by Gasteiger charge is 2.14. The first-order valence-corrected chi connectivity index (χ1v) is 17.9. The highest BCUT2D eigenvalue weighted by Crippen LogP contribution is 2.34. The van der Waals surface area contributed by atoms with Gasteiger partial charge in [-0.3, -0.25) is 9.97 Å². The van der Waals surface area contributed by atoms with E-state index in [9.17, 15) is 0 Å². The van der Waals surface area contributed by atoms with E-state index in [1.54, 1.807) is 6.20 Å². The lowest BCUT2D eigenvalue weighted by atomic mass is 9.96. The second kappa shape index (κ2) is 14.7. The molecule has 0 aliphatic carbocycles. The molecule has 0 amide bonds. The first-order chi connectivity index (χ1) is 26.7. The van der Waals surface area contributed by atoms with Crippen molar-refractivity contribution in [1.82, 2.24) is 24.9 Å². The van der Waals surface area contributed by atoms with Crippen LogP contribution in [0.3, 0.4) is 0 Å². The Labute approximate surface area is 314 Å². The van der Waals surface area contributed by atoms with E-state index in [2.05, 4.69) is 132 Å². The fraction of sp³-hybridized carbons (Fsp3) is 0. The van der Waals surface area contributed by atoms with Gasteiger partial charge in [0.1, 0.15) is 0 Å². The maximum absolute atomic E-state index is 5.06. The summed E-state index contributed by atoms with van der Waals surface area (Å²) in [6.45, 7) is 0. The zero-order valence-corrected chi connectivity index (χ0v) is 29.3. The van der Waals surface area contributed by atoms with Gasteiger partial charge in [0.15, 0.2) is 5.82 Å². The lowest BCUT2D eigenvalue weighted by Gasteiger charge is -2.12. The summed E-state index contributed by atoms with van der Waals surface area (Å²) in [5.41, 5.74) is 14.5. The van der Waals surface area contributed by atoms with Crippen molar-refractivity contribution in [3.05, 3.63) is 200 Å². The van der Waals surface area contributed by atoms with Crippen LogP contribution in [0.2, 0.25) is 0 Å². The molecule has 5 aromatic carbocycles. The van der Waals surface area contributed by atoms with Crippen molar-refractivity contribution in [2.24, 2.45) is 0 Å². The zero-order chi connectivity index (χ0) is 36.1. The van der Waals surface area contributed by atoms with Crippen LogP contribution in [0.1, 0.15) is 0 Å². The van der Waals surface area contributed by atoms with Crippen LogP contribution in [0.15, 0.2) is 200 Å². The zero-order valence-electron chi connectivity index (χ0n) is 29.3. The van der Waals surface area contributed by atoms with E-state index in [0.29, 0.717) is 5.82 Å². The molecule has 54 heavy (non-hydrogen) atoms. The van der Waals surface area contributed by atoms with Crippen molar-refractivity contribution in [1.29, 1.82) is 0 Å². The van der Waals surface area contributed by atoms with Crippen LogP contribution in [0.5, 0.6) is 0 Å². The van der Waals surface area contributed by atoms with Gasteiger partial charge in [0.25, 0.3) is 0 Å². The summed E-state index contributed by atoms with van der Waals surface area (Å²) in [5, 5.41) is 0. The van der Waals surface area contributed by atoms with Gasteiger partial charge in [-0.15, -0.1) is 0 Å². The normalized spacial score (nSPS) is 11.0. The molecule has 0 fully saturated rings. The van der Waals surface area contributed by atoms with Crippen molar-refractivity contribution >= 4 is 0 Å². The molecule has 5 nitrogen and oxygen atoms in total. The van der Waals surface area contributed by atoms with Gasteiger partial charge >= 0.3 is 0 Å². The second-order valence-electron chi connectivity index (χ2n) is 13.0. The SMILES string of the molecule is c1ccc(-c2cc(-c3ccccn3)nc(-c3cc(-c4cccc(-c5cccc(-c6cc(-c7ccccc7)nc(-c7ccccc7)n6)c5)c4)ccn3)c2)cc1. The molecule has 0 aliphatic heterocycles. The summed E-state index contributed by atoms with van der Waals surface area (Å²) >= 11 is 0. The van der Waals surface area contributed by atoms with Crippen molar-refractivity contribution in [3.8, 4) is 90.1 Å². The van der Waals surface area contributed by atoms with E-state index in [0.717, 1.165) is 84.2 Å². The second-order valence-corrected chi connectivity index (χ2v) is 13.0. The number of aromatic nitrogens is 5. The molecule has 0 bridgehead atoms. The summed E-state index contributed by atoms with van der Waals surface area (Å²) in [6, 6.07) is 64.3. The van der Waals surface area contributed by atoms with Crippen molar-refractivity contribution < 1.29 is 0 Å². The Morgan fingerprint density at radius 2 is 0.704 bits per heavy atom. The smallest absolute Gasteiger partial charge is 0.160 e. The average molecular weight is 692 g/mol. The van der Waals surface area contributed by atoms with Crippen LogP contribution in [-0.4, -0.2) is 24.9 Å². The van der Waals surface area contributed by atoms with Crippen LogP contribution in [0.4, 0.5) is 0 Å². The third kappa shape index (κ3) is 6.94. The van der Waals surface area contributed by atoms with Crippen LogP contribution in [-0.2, 0) is 0 Å². The minimum Gasteiger partial charge on any atom is -0.255 e. The summed E-state index contributed by atoms with van der Waals surface area (Å²) in [7, 11) is 0.